The molecule has 8 heteroatoms. The van der Waals surface area contributed by atoms with E-state index in [4.69, 9.17) is 0 Å². The molecular weight excluding hydrogens is 245 g/mol. The summed E-state index contributed by atoms with van der Waals surface area (Å²) in [7, 11) is -8.32. The van der Waals surface area contributed by atoms with E-state index in [1.165, 1.54) is 12.1 Å². The summed E-state index contributed by atoms with van der Waals surface area (Å²) in [4.78, 5) is -0.587. The second-order valence-electron chi connectivity index (χ2n) is 2.84. The van der Waals surface area contributed by atoms with Crippen molar-refractivity contribution in [2.75, 3.05) is 11.0 Å². The highest BCUT2D eigenvalue weighted by molar-refractivity contribution is 7.92. The first-order valence-electron chi connectivity index (χ1n) is 3.71. The highest BCUT2D eigenvalue weighted by Gasteiger charge is 2.12. The molecule has 0 aromatic heterocycles. The van der Waals surface area contributed by atoms with Gasteiger partial charge in [0.15, 0.2) is 0 Å². The van der Waals surface area contributed by atoms with Crippen LogP contribution in [0.5, 0.6) is 0 Å². The van der Waals surface area contributed by atoms with E-state index in [1.54, 1.807) is 0 Å². The fourth-order valence-corrected chi connectivity index (χ4v) is 1.99. The number of rotatable bonds is 3. The summed E-state index contributed by atoms with van der Waals surface area (Å²) < 4.78 is 57.2. The average molecular weight is 253 g/mol. The number of benzene rings is 1. The molecule has 0 aliphatic heterocycles. The van der Waals surface area contributed by atoms with Crippen LogP contribution in [0.15, 0.2) is 29.2 Å². The van der Waals surface area contributed by atoms with Crippen LogP contribution in [0.4, 0.5) is 9.57 Å². The zero-order valence-electron chi connectivity index (χ0n) is 7.64. The Morgan fingerprint density at radius 3 is 2.27 bits per heavy atom. The van der Waals surface area contributed by atoms with Gasteiger partial charge in [0.1, 0.15) is 4.90 Å². The largest absolute Gasteiger partial charge is 0.332 e. The van der Waals surface area contributed by atoms with Crippen molar-refractivity contribution in [3.63, 3.8) is 0 Å². The summed E-state index contributed by atoms with van der Waals surface area (Å²) in [6.45, 7) is 0. The molecule has 0 spiro atoms. The van der Waals surface area contributed by atoms with Gasteiger partial charge in [-0.2, -0.15) is 8.42 Å². The van der Waals surface area contributed by atoms with E-state index in [1.807, 2.05) is 4.72 Å². The average Bonchev–Trinajstić information content (AvgIpc) is 1.99. The minimum Gasteiger partial charge on any atom is -0.284 e. The molecule has 0 radical (unpaired) electrons. The van der Waals surface area contributed by atoms with E-state index < -0.39 is 25.1 Å². The van der Waals surface area contributed by atoms with Gasteiger partial charge in [-0.15, -0.1) is 3.89 Å². The molecule has 0 bridgehead atoms. The third-order valence-electron chi connectivity index (χ3n) is 1.42. The number of nitrogens with one attached hydrogen (secondary N) is 1. The van der Waals surface area contributed by atoms with Crippen molar-refractivity contribution in [1.82, 2.24) is 0 Å². The standard InChI is InChI=1S/C7H8FNO4S2/c1-14(10,11)9-6-3-2-4-7(5-6)15(8,12)13/h2-5,9H,1H3. The van der Waals surface area contributed by atoms with Crippen LogP contribution in [-0.2, 0) is 20.2 Å². The Balaban J connectivity index is 3.15. The van der Waals surface area contributed by atoms with Gasteiger partial charge in [-0.1, -0.05) is 6.07 Å². The van der Waals surface area contributed by atoms with Crippen LogP contribution >= 0.6 is 0 Å². The Hall–Kier alpha value is -1.15. The van der Waals surface area contributed by atoms with Gasteiger partial charge in [0.25, 0.3) is 0 Å². The predicted molar refractivity (Wildman–Crippen MR) is 53.2 cm³/mol. The van der Waals surface area contributed by atoms with Gasteiger partial charge < -0.3 is 0 Å². The normalized spacial score (nSPS) is 12.4. The molecular formula is C7H8FNO4S2. The maximum Gasteiger partial charge on any atom is 0.332 e. The lowest BCUT2D eigenvalue weighted by Crippen LogP contribution is -2.09. The summed E-state index contributed by atoms with van der Waals surface area (Å²) >= 11 is 0. The number of halogens is 1. The Morgan fingerprint density at radius 2 is 1.80 bits per heavy atom. The second kappa shape index (κ2) is 3.78. The van der Waals surface area contributed by atoms with Gasteiger partial charge in [0, 0.05) is 5.69 Å². The molecule has 1 aromatic rings. The SMILES string of the molecule is CS(=O)(=O)Nc1cccc(S(=O)(=O)F)c1. The Morgan fingerprint density at radius 1 is 1.20 bits per heavy atom. The van der Waals surface area contributed by atoms with Crippen LogP contribution in [0.2, 0.25) is 0 Å². The molecule has 0 atom stereocenters. The first-order valence-corrected chi connectivity index (χ1v) is 6.98. The molecule has 5 nitrogen and oxygen atoms in total. The molecule has 1 aromatic carbocycles. The van der Waals surface area contributed by atoms with E-state index in [9.17, 15) is 20.7 Å². The molecule has 0 unspecified atom stereocenters. The quantitative estimate of drug-likeness (QED) is 0.805. The Kier molecular flexibility index (Phi) is 3.00. The first kappa shape index (κ1) is 11.9. The molecule has 0 heterocycles. The van der Waals surface area contributed by atoms with E-state index in [0.717, 1.165) is 18.4 Å². The van der Waals surface area contributed by atoms with Crippen molar-refractivity contribution in [1.29, 1.82) is 0 Å². The lowest BCUT2D eigenvalue weighted by molar-refractivity contribution is 0.552. The zero-order chi connectivity index (χ0) is 11.7. The molecule has 15 heavy (non-hydrogen) atoms. The second-order valence-corrected chi connectivity index (χ2v) is 5.94. The van der Waals surface area contributed by atoms with Crippen LogP contribution in [0.1, 0.15) is 0 Å². The molecule has 0 aliphatic rings. The van der Waals surface area contributed by atoms with E-state index >= 15 is 0 Å². The highest BCUT2D eigenvalue weighted by atomic mass is 32.3. The van der Waals surface area contributed by atoms with Gasteiger partial charge >= 0.3 is 10.2 Å². The third kappa shape index (κ3) is 3.84. The molecule has 1 rings (SSSR count). The van der Waals surface area contributed by atoms with Crippen LogP contribution in [0.25, 0.3) is 0 Å². The van der Waals surface area contributed by atoms with Gasteiger partial charge in [0.05, 0.1) is 6.26 Å². The fourth-order valence-electron chi connectivity index (χ4n) is 0.925. The van der Waals surface area contributed by atoms with E-state index in [2.05, 4.69) is 0 Å². The summed E-state index contributed by atoms with van der Waals surface area (Å²) in [6, 6.07) is 4.48. The van der Waals surface area contributed by atoms with Gasteiger partial charge in [-0.05, 0) is 18.2 Å². The molecule has 0 saturated heterocycles. The minimum absolute atomic E-state index is 0.00350. The highest BCUT2D eigenvalue weighted by Crippen LogP contribution is 2.17. The maximum atomic E-state index is 12.5. The van der Waals surface area contributed by atoms with Crippen molar-refractivity contribution >= 4 is 25.9 Å². The molecule has 84 valence electrons. The van der Waals surface area contributed by atoms with Crippen LogP contribution in [0, 0.1) is 0 Å². The molecule has 0 fully saturated rings. The van der Waals surface area contributed by atoms with E-state index in [0.29, 0.717) is 0 Å². The van der Waals surface area contributed by atoms with Crippen LogP contribution in [0.3, 0.4) is 0 Å². The van der Waals surface area contributed by atoms with Crippen molar-refractivity contribution in [2.24, 2.45) is 0 Å². The fraction of sp³-hybridized carbons (Fsp3) is 0.143. The monoisotopic (exact) mass is 253 g/mol. The number of hydrogen-bond acceptors (Lipinski definition) is 4. The van der Waals surface area contributed by atoms with Gasteiger partial charge in [-0.3, -0.25) is 4.72 Å². The third-order valence-corrected chi connectivity index (χ3v) is 2.84. The van der Waals surface area contributed by atoms with Crippen LogP contribution in [-0.4, -0.2) is 23.1 Å². The summed E-state index contributed by atoms with van der Waals surface area (Å²) in [5, 5.41) is 0. The lowest BCUT2D eigenvalue weighted by atomic mass is 10.3. The Bertz CT molecular complexity index is 564. The summed E-state index contributed by atoms with van der Waals surface area (Å²) in [6.07, 6.45) is 0.906. The summed E-state index contributed by atoms with van der Waals surface area (Å²) in [5.74, 6) is 0. The topological polar surface area (TPSA) is 80.3 Å². The van der Waals surface area contributed by atoms with Crippen molar-refractivity contribution in [2.45, 2.75) is 4.90 Å². The molecule has 0 amide bonds. The molecule has 1 N–H and O–H groups in total. The van der Waals surface area contributed by atoms with Crippen molar-refractivity contribution in [3.05, 3.63) is 24.3 Å². The predicted octanol–water partition coefficient (Wildman–Crippen LogP) is 0.716. The first-order chi connectivity index (χ1) is 6.68. The van der Waals surface area contributed by atoms with E-state index in [-0.39, 0.29) is 5.69 Å². The number of anilines is 1. The van der Waals surface area contributed by atoms with Gasteiger partial charge in [0.2, 0.25) is 10.0 Å². The van der Waals surface area contributed by atoms with Gasteiger partial charge in [-0.25, -0.2) is 8.42 Å². The molecule has 0 aliphatic carbocycles. The zero-order valence-corrected chi connectivity index (χ0v) is 9.27. The summed E-state index contributed by atoms with van der Waals surface area (Å²) in [5.41, 5.74) is -0.00350. The number of hydrogen-bond donors (Lipinski definition) is 1. The molecule has 0 saturated carbocycles. The Labute approximate surface area is 87.2 Å². The van der Waals surface area contributed by atoms with Crippen molar-refractivity contribution in [3.8, 4) is 0 Å². The lowest BCUT2D eigenvalue weighted by Gasteiger charge is -2.03. The smallest absolute Gasteiger partial charge is 0.284 e. The maximum absolute atomic E-state index is 12.5. The number of sulfonamides is 1. The van der Waals surface area contributed by atoms with Crippen molar-refractivity contribution < 1.29 is 20.7 Å². The van der Waals surface area contributed by atoms with Crippen LogP contribution < -0.4 is 4.72 Å². The minimum atomic E-state index is -4.82.